The third kappa shape index (κ3) is 6.60. The second-order valence-corrected chi connectivity index (χ2v) is 11.7. The molecule has 2 N–H and O–H groups in total. The highest BCUT2D eigenvalue weighted by atomic mass is 16.5. The lowest BCUT2D eigenvalue weighted by atomic mass is 9.99. The molecular weight excluding hydrogens is 560 g/mol. The van der Waals surface area contributed by atoms with Gasteiger partial charge in [0.15, 0.2) is 5.82 Å². The van der Waals surface area contributed by atoms with E-state index in [1.54, 1.807) is 17.0 Å². The third-order valence-corrected chi connectivity index (χ3v) is 8.63. The number of likely N-dealkylation sites (tertiary alicyclic amines) is 1. The molecule has 1 amide bonds. The van der Waals surface area contributed by atoms with E-state index in [4.69, 9.17) is 9.47 Å². The number of piperazine rings is 1. The highest BCUT2D eigenvalue weighted by Crippen LogP contribution is 2.29. The number of benzene rings is 2. The predicted octanol–water partition coefficient (Wildman–Crippen LogP) is 2.81. The number of hydrogen-bond donors (Lipinski definition) is 2. The Morgan fingerprint density at radius 1 is 1.11 bits per heavy atom. The Morgan fingerprint density at radius 2 is 1.89 bits per heavy atom. The number of aliphatic hydroxyl groups excluding tert-OH is 1. The number of aliphatic hydroxyl groups is 1. The Hall–Kier alpha value is -4.31. The van der Waals surface area contributed by atoms with Crippen molar-refractivity contribution in [3.63, 3.8) is 0 Å². The van der Waals surface area contributed by atoms with Gasteiger partial charge in [0.05, 0.1) is 24.8 Å². The molecule has 6 rings (SSSR count). The largest absolute Gasteiger partial charge is 0.489 e. The number of anilines is 3. The van der Waals surface area contributed by atoms with Gasteiger partial charge in [0, 0.05) is 68.5 Å². The molecule has 2 aromatic carbocycles. The summed E-state index contributed by atoms with van der Waals surface area (Å²) < 4.78 is 11.5. The molecule has 1 aromatic heterocycles. The van der Waals surface area contributed by atoms with Crippen molar-refractivity contribution in [2.24, 2.45) is 0 Å². The number of carbonyl (C=O) groups is 1. The number of piperidine rings is 1. The number of ether oxygens (including phenoxy) is 2. The molecule has 3 fully saturated rings. The molecule has 0 aliphatic carbocycles. The van der Waals surface area contributed by atoms with Crippen LogP contribution in [-0.4, -0.2) is 106 Å². The van der Waals surface area contributed by atoms with Gasteiger partial charge in [0.2, 0.25) is 5.95 Å². The quantitative estimate of drug-likeness (QED) is 0.396. The van der Waals surface area contributed by atoms with Crippen molar-refractivity contribution in [1.29, 1.82) is 5.26 Å². The molecule has 3 aliphatic heterocycles. The smallest absolute Gasteiger partial charge is 0.251 e. The molecule has 3 atom stereocenters. The number of aromatic nitrogens is 3. The van der Waals surface area contributed by atoms with Gasteiger partial charge in [0.25, 0.3) is 5.91 Å². The maximum Gasteiger partial charge on any atom is 0.251 e. The molecule has 3 saturated heterocycles. The van der Waals surface area contributed by atoms with Gasteiger partial charge in [0.1, 0.15) is 30.4 Å². The van der Waals surface area contributed by atoms with Crippen molar-refractivity contribution >= 4 is 23.2 Å². The summed E-state index contributed by atoms with van der Waals surface area (Å²) in [5, 5.41) is 22.8. The zero-order valence-electron chi connectivity index (χ0n) is 25.1. The maximum atomic E-state index is 12.2. The minimum absolute atomic E-state index is 0.0729. The normalized spacial score (nSPS) is 21.7. The van der Waals surface area contributed by atoms with Crippen molar-refractivity contribution in [3.05, 3.63) is 54.4 Å². The van der Waals surface area contributed by atoms with Crippen LogP contribution >= 0.6 is 0 Å². The first-order chi connectivity index (χ1) is 21.4. The topological polar surface area (TPSA) is 140 Å². The summed E-state index contributed by atoms with van der Waals surface area (Å²) in [5.41, 5.74) is 3.11. The Bertz CT molecular complexity index is 1500. The summed E-state index contributed by atoms with van der Waals surface area (Å²) in [6.07, 6.45) is 1.51. The van der Waals surface area contributed by atoms with E-state index >= 15 is 0 Å². The lowest BCUT2D eigenvalue weighted by molar-refractivity contribution is -0.143. The van der Waals surface area contributed by atoms with E-state index in [1.165, 1.54) is 18.9 Å². The van der Waals surface area contributed by atoms with Crippen LogP contribution in [0.3, 0.4) is 0 Å². The Labute approximate surface area is 257 Å². The second-order valence-electron chi connectivity index (χ2n) is 11.7. The molecule has 0 bridgehead atoms. The van der Waals surface area contributed by atoms with Crippen molar-refractivity contribution in [1.82, 2.24) is 24.8 Å². The lowest BCUT2D eigenvalue weighted by Crippen LogP contribution is -2.56. The zero-order valence-corrected chi connectivity index (χ0v) is 25.1. The molecule has 0 saturated carbocycles. The number of hydrogen-bond acceptors (Lipinski definition) is 11. The minimum Gasteiger partial charge on any atom is -0.489 e. The van der Waals surface area contributed by atoms with Gasteiger partial charge < -0.3 is 29.7 Å². The molecule has 0 radical (unpaired) electrons. The van der Waals surface area contributed by atoms with E-state index in [2.05, 4.69) is 48.3 Å². The van der Waals surface area contributed by atoms with E-state index in [0.717, 1.165) is 45.1 Å². The highest BCUT2D eigenvalue weighted by molar-refractivity contribution is 5.80. The molecule has 12 heteroatoms. The minimum atomic E-state index is -1.02. The van der Waals surface area contributed by atoms with Crippen LogP contribution in [-0.2, 0) is 9.53 Å². The Morgan fingerprint density at radius 3 is 2.55 bits per heavy atom. The number of nitrogens with one attached hydrogen (secondary N) is 1. The summed E-state index contributed by atoms with van der Waals surface area (Å²) in [7, 11) is 0. The summed E-state index contributed by atoms with van der Waals surface area (Å²) >= 11 is 0. The molecule has 3 aromatic rings. The summed E-state index contributed by atoms with van der Waals surface area (Å²) in [6, 6.07) is 16.3. The molecule has 3 aliphatic rings. The van der Waals surface area contributed by atoms with Crippen LogP contribution in [0.15, 0.2) is 48.8 Å². The van der Waals surface area contributed by atoms with Crippen LogP contribution in [0.25, 0.3) is 11.4 Å². The molecule has 44 heavy (non-hydrogen) atoms. The van der Waals surface area contributed by atoms with Gasteiger partial charge in [-0.25, -0.2) is 9.97 Å². The summed E-state index contributed by atoms with van der Waals surface area (Å²) in [4.78, 5) is 32.1. The molecule has 12 nitrogen and oxygen atoms in total. The molecule has 1 unspecified atom stereocenters. The molecular formula is C32H38N8O4. The SMILES string of the molecule is CC(O)C(=O)N1CC[C@H](Oc2ccc(-c3ncnc(Nc4ccc(N5CCN(C6COC6)CC5)cc4)n3)cc2C#N)C[C@@H]1C. The monoisotopic (exact) mass is 598 g/mol. The maximum absolute atomic E-state index is 12.2. The van der Waals surface area contributed by atoms with Crippen molar-refractivity contribution in [3.8, 4) is 23.2 Å². The van der Waals surface area contributed by atoms with Gasteiger partial charge in [-0.1, -0.05) is 0 Å². The average Bonchev–Trinajstić information content (AvgIpc) is 3.01. The molecule has 230 valence electrons. The van der Waals surface area contributed by atoms with Gasteiger partial charge >= 0.3 is 0 Å². The van der Waals surface area contributed by atoms with Crippen LogP contribution in [0.1, 0.15) is 32.3 Å². The first-order valence-corrected chi connectivity index (χ1v) is 15.2. The van der Waals surface area contributed by atoms with Crippen LogP contribution < -0.4 is 15.0 Å². The molecule has 0 spiro atoms. The number of amides is 1. The van der Waals surface area contributed by atoms with Crippen LogP contribution in [0.2, 0.25) is 0 Å². The van der Waals surface area contributed by atoms with Gasteiger partial charge in [-0.05, 0) is 56.3 Å². The molecule has 4 heterocycles. The first kappa shape index (κ1) is 29.7. The summed E-state index contributed by atoms with van der Waals surface area (Å²) in [6.45, 7) is 9.73. The lowest BCUT2D eigenvalue weighted by Gasteiger charge is -2.43. The van der Waals surface area contributed by atoms with Crippen LogP contribution in [0, 0.1) is 11.3 Å². The van der Waals surface area contributed by atoms with Gasteiger partial charge in [-0.2, -0.15) is 10.2 Å². The average molecular weight is 599 g/mol. The van der Waals surface area contributed by atoms with Crippen molar-refractivity contribution in [2.75, 3.05) is 56.2 Å². The number of carbonyl (C=O) groups excluding carboxylic acids is 1. The van der Waals surface area contributed by atoms with E-state index in [1.807, 2.05) is 25.1 Å². The van der Waals surface area contributed by atoms with Crippen LogP contribution in [0.5, 0.6) is 5.75 Å². The van der Waals surface area contributed by atoms with E-state index in [-0.39, 0.29) is 18.1 Å². The van der Waals surface area contributed by atoms with E-state index in [0.29, 0.717) is 54.1 Å². The van der Waals surface area contributed by atoms with Gasteiger partial charge in [-0.15, -0.1) is 0 Å². The van der Waals surface area contributed by atoms with Crippen molar-refractivity contribution < 1.29 is 19.4 Å². The van der Waals surface area contributed by atoms with Crippen LogP contribution in [0.4, 0.5) is 17.3 Å². The predicted molar refractivity (Wildman–Crippen MR) is 165 cm³/mol. The standard InChI is InChI=1S/C32H38N8O4/c1-21-15-28(9-10-40(21)31(42)22(2)41)44-29-8-3-23(16-24(29)17-33)30-34-20-35-32(37-30)36-25-4-6-26(7-5-25)38-11-13-39(14-12-38)27-18-43-19-27/h3-8,16,20-22,27-28,41H,9-15,18-19H2,1-2H3,(H,34,35,36,37)/t21-,22?,28-/m0/s1. The second kappa shape index (κ2) is 13.1. The summed E-state index contributed by atoms with van der Waals surface area (Å²) in [5.74, 6) is 1.06. The number of nitriles is 1. The van der Waals surface area contributed by atoms with E-state index in [9.17, 15) is 15.2 Å². The van der Waals surface area contributed by atoms with Gasteiger partial charge in [-0.3, -0.25) is 9.69 Å². The third-order valence-electron chi connectivity index (χ3n) is 8.63. The fraction of sp³-hybridized carbons (Fsp3) is 0.469. The fourth-order valence-electron chi connectivity index (χ4n) is 6.00. The Balaban J connectivity index is 1.07. The zero-order chi connectivity index (χ0) is 30.6. The highest BCUT2D eigenvalue weighted by Gasteiger charge is 2.32. The van der Waals surface area contributed by atoms with Crippen molar-refractivity contribution in [2.45, 2.75) is 51.0 Å². The first-order valence-electron chi connectivity index (χ1n) is 15.2. The fourth-order valence-corrected chi connectivity index (χ4v) is 6.00. The number of rotatable bonds is 8. The van der Waals surface area contributed by atoms with E-state index < -0.39 is 6.10 Å². The Kier molecular flexibility index (Phi) is 8.88. The number of nitrogens with zero attached hydrogens (tertiary/aromatic N) is 7.